The van der Waals surface area contributed by atoms with Gasteiger partial charge in [0.25, 0.3) is 0 Å². The van der Waals surface area contributed by atoms with E-state index in [2.05, 4.69) is 4.74 Å². The molecule has 14 heavy (non-hydrogen) atoms. The van der Waals surface area contributed by atoms with E-state index < -0.39 is 0 Å². The molecular formula is C10H11O4. The molecule has 0 aliphatic heterocycles. The van der Waals surface area contributed by atoms with E-state index in [1.807, 2.05) is 0 Å². The van der Waals surface area contributed by atoms with Crippen LogP contribution in [0.2, 0.25) is 0 Å². The maximum absolute atomic E-state index is 9.68. The van der Waals surface area contributed by atoms with Crippen molar-refractivity contribution in [2.75, 3.05) is 20.3 Å². The third-order valence-corrected chi connectivity index (χ3v) is 1.57. The lowest BCUT2D eigenvalue weighted by molar-refractivity contribution is 0.200. The van der Waals surface area contributed by atoms with Crippen LogP contribution in [0.15, 0.2) is 24.3 Å². The van der Waals surface area contributed by atoms with Crippen LogP contribution in [0.4, 0.5) is 0 Å². The predicted molar refractivity (Wildman–Crippen MR) is 50.1 cm³/mol. The molecule has 1 aromatic rings. The molecular weight excluding hydrogens is 184 g/mol. The number of carbonyl (C=O) groups excluding carboxylic acids is 1. The average Bonchev–Trinajstić information content (AvgIpc) is 2.25. The first-order chi connectivity index (χ1) is 6.86. The van der Waals surface area contributed by atoms with E-state index in [9.17, 15) is 4.79 Å². The number of benzene rings is 1. The Hall–Kier alpha value is -1.71. The fourth-order valence-corrected chi connectivity index (χ4v) is 0.915. The van der Waals surface area contributed by atoms with Crippen LogP contribution in [-0.4, -0.2) is 26.8 Å². The Morgan fingerprint density at radius 3 is 2.36 bits per heavy atom. The van der Waals surface area contributed by atoms with Gasteiger partial charge in [0.1, 0.15) is 24.7 Å². The van der Waals surface area contributed by atoms with Crippen LogP contribution in [0.1, 0.15) is 0 Å². The van der Waals surface area contributed by atoms with Crippen molar-refractivity contribution in [1.82, 2.24) is 0 Å². The zero-order valence-electron chi connectivity index (χ0n) is 7.86. The SMILES string of the molecule is COc1ccc(OCCO[C]=O)cc1. The summed E-state index contributed by atoms with van der Waals surface area (Å²) in [5, 5.41) is 0. The topological polar surface area (TPSA) is 44.8 Å². The molecule has 0 aliphatic rings. The van der Waals surface area contributed by atoms with E-state index in [1.165, 1.54) is 6.47 Å². The van der Waals surface area contributed by atoms with Crippen molar-refractivity contribution in [3.63, 3.8) is 0 Å². The Morgan fingerprint density at radius 1 is 1.14 bits per heavy atom. The molecule has 0 aliphatic carbocycles. The maximum Gasteiger partial charge on any atom is 0.417 e. The van der Waals surface area contributed by atoms with Gasteiger partial charge in [-0.05, 0) is 24.3 Å². The summed E-state index contributed by atoms with van der Waals surface area (Å²) >= 11 is 0. The summed E-state index contributed by atoms with van der Waals surface area (Å²) in [6, 6.07) is 7.15. The van der Waals surface area contributed by atoms with Crippen LogP contribution in [0, 0.1) is 0 Å². The van der Waals surface area contributed by atoms with Gasteiger partial charge in [0.2, 0.25) is 0 Å². The Labute approximate surface area is 82.4 Å². The largest absolute Gasteiger partial charge is 0.497 e. The first-order valence-corrected chi connectivity index (χ1v) is 4.12. The number of methoxy groups -OCH3 is 1. The van der Waals surface area contributed by atoms with Crippen molar-refractivity contribution in [2.45, 2.75) is 0 Å². The van der Waals surface area contributed by atoms with Gasteiger partial charge in [0, 0.05) is 0 Å². The molecule has 4 heteroatoms. The number of hydrogen-bond acceptors (Lipinski definition) is 4. The Kier molecular flexibility index (Phi) is 4.34. The van der Waals surface area contributed by atoms with E-state index in [4.69, 9.17) is 9.47 Å². The predicted octanol–water partition coefficient (Wildman–Crippen LogP) is 1.16. The smallest absolute Gasteiger partial charge is 0.417 e. The zero-order chi connectivity index (χ0) is 10.2. The highest BCUT2D eigenvalue weighted by molar-refractivity contribution is 5.38. The molecule has 0 fully saturated rings. The molecule has 0 N–H and O–H groups in total. The van der Waals surface area contributed by atoms with Crippen molar-refractivity contribution in [1.29, 1.82) is 0 Å². The quantitative estimate of drug-likeness (QED) is 0.639. The molecule has 0 aromatic heterocycles. The van der Waals surface area contributed by atoms with Crippen LogP contribution in [0.3, 0.4) is 0 Å². The summed E-state index contributed by atoms with van der Waals surface area (Å²) in [5.41, 5.74) is 0. The minimum absolute atomic E-state index is 0.204. The van der Waals surface area contributed by atoms with Gasteiger partial charge in [0.05, 0.1) is 7.11 Å². The molecule has 0 atom stereocenters. The van der Waals surface area contributed by atoms with Gasteiger partial charge in [-0.3, -0.25) is 0 Å². The third kappa shape index (κ3) is 3.35. The van der Waals surface area contributed by atoms with Gasteiger partial charge in [-0.15, -0.1) is 0 Å². The molecule has 0 amide bonds. The average molecular weight is 195 g/mol. The second-order valence-electron chi connectivity index (χ2n) is 2.46. The normalized spacial score (nSPS) is 9.21. The van der Waals surface area contributed by atoms with E-state index in [1.54, 1.807) is 31.4 Å². The third-order valence-electron chi connectivity index (χ3n) is 1.57. The minimum Gasteiger partial charge on any atom is -0.497 e. The molecule has 1 rings (SSSR count). The van der Waals surface area contributed by atoms with Crippen LogP contribution in [0.5, 0.6) is 11.5 Å². The van der Waals surface area contributed by atoms with E-state index in [0.717, 1.165) is 5.75 Å². The molecule has 0 saturated carbocycles. The van der Waals surface area contributed by atoms with Gasteiger partial charge in [-0.25, -0.2) is 4.79 Å². The fraction of sp³-hybridized carbons (Fsp3) is 0.300. The molecule has 1 aromatic carbocycles. The molecule has 0 heterocycles. The Morgan fingerprint density at radius 2 is 1.79 bits per heavy atom. The molecule has 0 unspecified atom stereocenters. The van der Waals surface area contributed by atoms with Gasteiger partial charge in [0.15, 0.2) is 0 Å². The minimum atomic E-state index is 0.204. The highest BCUT2D eigenvalue weighted by Crippen LogP contribution is 2.16. The lowest BCUT2D eigenvalue weighted by Crippen LogP contribution is -2.05. The molecule has 75 valence electrons. The summed E-state index contributed by atoms with van der Waals surface area (Å²) in [6.07, 6.45) is 0. The number of ether oxygens (including phenoxy) is 3. The summed E-state index contributed by atoms with van der Waals surface area (Å²) in [7, 11) is 1.60. The van der Waals surface area contributed by atoms with Crippen molar-refractivity contribution in [2.24, 2.45) is 0 Å². The molecule has 1 radical (unpaired) electrons. The van der Waals surface area contributed by atoms with E-state index in [-0.39, 0.29) is 6.61 Å². The van der Waals surface area contributed by atoms with Crippen molar-refractivity contribution < 1.29 is 19.0 Å². The van der Waals surface area contributed by atoms with E-state index in [0.29, 0.717) is 12.4 Å². The summed E-state index contributed by atoms with van der Waals surface area (Å²) < 4.78 is 14.6. The zero-order valence-corrected chi connectivity index (χ0v) is 7.86. The Balaban J connectivity index is 2.32. The lowest BCUT2D eigenvalue weighted by atomic mass is 10.3. The lowest BCUT2D eigenvalue weighted by Gasteiger charge is -2.05. The maximum atomic E-state index is 9.68. The molecule has 0 bridgehead atoms. The van der Waals surface area contributed by atoms with Crippen molar-refractivity contribution in [3.8, 4) is 11.5 Å². The first-order valence-electron chi connectivity index (χ1n) is 4.12. The summed E-state index contributed by atoms with van der Waals surface area (Å²) in [6.45, 7) is 1.85. The highest BCUT2D eigenvalue weighted by Gasteiger charge is 1.94. The Bertz CT molecular complexity index is 268. The van der Waals surface area contributed by atoms with Gasteiger partial charge in [-0.2, -0.15) is 0 Å². The van der Waals surface area contributed by atoms with Crippen LogP contribution >= 0.6 is 0 Å². The van der Waals surface area contributed by atoms with Gasteiger partial charge in [-0.1, -0.05) is 0 Å². The fourth-order valence-electron chi connectivity index (χ4n) is 0.915. The van der Waals surface area contributed by atoms with Gasteiger partial charge >= 0.3 is 6.47 Å². The second kappa shape index (κ2) is 5.85. The molecule has 0 spiro atoms. The van der Waals surface area contributed by atoms with E-state index >= 15 is 0 Å². The second-order valence-corrected chi connectivity index (χ2v) is 2.46. The standard InChI is InChI=1S/C10H11O4/c1-12-9-2-4-10(5-3-9)14-7-6-13-8-11/h2-5H,6-7H2,1H3. The van der Waals surface area contributed by atoms with Crippen molar-refractivity contribution in [3.05, 3.63) is 24.3 Å². The monoisotopic (exact) mass is 195 g/mol. The number of rotatable bonds is 6. The van der Waals surface area contributed by atoms with Crippen LogP contribution in [0.25, 0.3) is 0 Å². The first kappa shape index (κ1) is 10.4. The van der Waals surface area contributed by atoms with Crippen LogP contribution < -0.4 is 9.47 Å². The van der Waals surface area contributed by atoms with Crippen molar-refractivity contribution >= 4 is 6.47 Å². The molecule has 0 saturated heterocycles. The highest BCUT2D eigenvalue weighted by atomic mass is 16.5. The summed E-state index contributed by atoms with van der Waals surface area (Å²) in [5.74, 6) is 1.48. The van der Waals surface area contributed by atoms with Gasteiger partial charge < -0.3 is 14.2 Å². The molecule has 4 nitrogen and oxygen atoms in total. The van der Waals surface area contributed by atoms with Crippen LogP contribution in [-0.2, 0) is 9.53 Å². The summed E-state index contributed by atoms with van der Waals surface area (Å²) in [4.78, 5) is 9.68. The number of hydrogen-bond donors (Lipinski definition) is 0.